The summed E-state index contributed by atoms with van der Waals surface area (Å²) in [6.45, 7) is 0. The highest BCUT2D eigenvalue weighted by Gasteiger charge is 2.22. The molecule has 0 spiro atoms. The summed E-state index contributed by atoms with van der Waals surface area (Å²) in [5.41, 5.74) is -3.61. The van der Waals surface area contributed by atoms with Crippen molar-refractivity contribution in [3.05, 3.63) is 200 Å². The van der Waals surface area contributed by atoms with E-state index in [1.54, 1.807) is 24.3 Å². The molecule has 0 amide bonds. The molecule has 5 nitrogen and oxygen atoms in total. The van der Waals surface area contributed by atoms with Gasteiger partial charge in [0.15, 0.2) is 11.6 Å². The van der Waals surface area contributed by atoms with Crippen molar-refractivity contribution < 1.29 is 32.9 Å². The number of aromatic nitrogens is 5. The number of hydrogen-bond donors (Lipinski definition) is 0. The summed E-state index contributed by atoms with van der Waals surface area (Å²) in [7, 11) is 0. The maximum atomic E-state index is 10.2. The molecule has 0 fully saturated rings. The Hall–Kier alpha value is -7.63. The van der Waals surface area contributed by atoms with Crippen molar-refractivity contribution in [1.29, 1.82) is 0 Å². The van der Waals surface area contributed by atoms with Crippen molar-refractivity contribution in [2.24, 2.45) is 0 Å². The summed E-state index contributed by atoms with van der Waals surface area (Å²) in [5, 5.41) is -1.76. The van der Waals surface area contributed by atoms with Gasteiger partial charge in [-0.1, -0.05) is 163 Å². The van der Waals surface area contributed by atoms with Gasteiger partial charge in [-0.2, -0.15) is 9.97 Å². The van der Waals surface area contributed by atoms with Crippen LogP contribution in [-0.2, 0) is 0 Å². The van der Waals surface area contributed by atoms with Crippen LogP contribution < -0.4 is 0 Å². The van der Waals surface area contributed by atoms with E-state index in [1.165, 1.54) is 0 Å². The largest absolute Gasteiger partial charge is 0.308 e. The Kier molecular flexibility index (Phi) is 3.73. The van der Waals surface area contributed by atoms with Crippen molar-refractivity contribution in [2.45, 2.75) is 0 Å². The van der Waals surface area contributed by atoms with Gasteiger partial charge >= 0.3 is 0 Å². The lowest BCUT2D eigenvalue weighted by molar-refractivity contribution is 0.952. The first-order valence-electron chi connectivity index (χ1n) is 28.9. The van der Waals surface area contributed by atoms with E-state index >= 15 is 0 Å². The first-order valence-corrected chi connectivity index (χ1v) is 16.9. The second-order valence-electron chi connectivity index (χ2n) is 12.3. The number of rotatable bonds is 6. The predicted molar refractivity (Wildman–Crippen MR) is 230 cm³/mol. The number of fused-ring (bicyclic) bond motifs is 6. The number of para-hydroxylation sites is 4. The molecular weight excluding hydrogens is 683 g/mol. The molecule has 5 heteroatoms. The SMILES string of the molecule is [2H]c1c([2H])c([2H])c(-c2c([2H])c([2H])c(-c3nc(-c4ccc(-c5ccccc5)cc4)nc(-n4c5c([2H])c([2H])c([2H])c([2H])c5c5c([2H])c([2H])c([2H])c([2H])c54)n3)c(-n3c4c([2H])c([2H])c([2H])c([2H])c4c4c([2H])c([2H])c([2H])c([2H])c43)c2[2H])c([2H])c1[2H]. The van der Waals surface area contributed by atoms with Crippen LogP contribution in [0.4, 0.5) is 0 Å². The second kappa shape index (κ2) is 13.0. The molecule has 3 aromatic heterocycles. The zero-order valence-corrected chi connectivity index (χ0v) is 28.4. The average Bonchev–Trinajstić information content (AvgIpc) is 4.23. The van der Waals surface area contributed by atoms with Crippen LogP contribution in [0.15, 0.2) is 200 Å². The van der Waals surface area contributed by atoms with E-state index < -0.39 is 212 Å². The Morgan fingerprint density at radius 1 is 0.357 bits per heavy atom. The lowest BCUT2D eigenvalue weighted by Crippen LogP contribution is -2.08. The van der Waals surface area contributed by atoms with Gasteiger partial charge < -0.3 is 4.57 Å². The van der Waals surface area contributed by atoms with Crippen LogP contribution in [0.25, 0.3) is 100 Å². The van der Waals surface area contributed by atoms with Crippen molar-refractivity contribution in [1.82, 2.24) is 24.1 Å². The minimum atomic E-state index is -1.02. The topological polar surface area (TPSA) is 48.5 Å². The number of hydrogen-bond acceptors (Lipinski definition) is 3. The monoisotopic (exact) mass is 739 g/mol. The molecule has 0 aliphatic rings. The third kappa shape index (κ3) is 5.21. The van der Waals surface area contributed by atoms with Gasteiger partial charge in [0.1, 0.15) is 0 Å². The van der Waals surface area contributed by atoms with E-state index in [0.29, 0.717) is 5.56 Å². The predicted octanol–water partition coefficient (Wildman–Crippen LogP) is 12.7. The Bertz CT molecular complexity index is 4450. The molecule has 3 heterocycles. The summed E-state index contributed by atoms with van der Waals surface area (Å²) in [4.78, 5) is 14.3. The molecule has 0 aliphatic heterocycles. The molecular formula is C51H33N5. The fourth-order valence-corrected chi connectivity index (χ4v) is 6.64. The molecule has 0 radical (unpaired) electrons. The summed E-state index contributed by atoms with van der Waals surface area (Å²) in [6, 6.07) is -4.82. The van der Waals surface area contributed by atoms with Crippen molar-refractivity contribution >= 4 is 43.6 Å². The molecule has 0 N–H and O–H groups in total. The summed E-state index contributed by atoms with van der Waals surface area (Å²) < 4.78 is 219. The normalized spacial score (nSPS) is 17.6. The maximum absolute atomic E-state index is 10.2. The van der Waals surface area contributed by atoms with E-state index in [0.717, 1.165) is 14.7 Å². The third-order valence-corrected chi connectivity index (χ3v) is 9.13. The lowest BCUT2D eigenvalue weighted by Gasteiger charge is -2.17. The van der Waals surface area contributed by atoms with Crippen LogP contribution >= 0.6 is 0 Å². The number of nitrogens with zero attached hydrogens (tertiary/aromatic N) is 5. The Morgan fingerprint density at radius 3 is 1.43 bits per heavy atom. The second-order valence-corrected chi connectivity index (χ2v) is 12.3. The first-order chi connectivity index (χ1) is 37.8. The van der Waals surface area contributed by atoms with E-state index in [4.69, 9.17) is 38.3 Å². The third-order valence-electron chi connectivity index (χ3n) is 9.13. The Morgan fingerprint density at radius 2 is 0.839 bits per heavy atom. The molecule has 8 aromatic carbocycles. The van der Waals surface area contributed by atoms with E-state index in [1.807, 2.05) is 30.3 Å². The highest BCUT2D eigenvalue weighted by atomic mass is 15.2. The zero-order chi connectivity index (χ0) is 57.9. The molecule has 0 bridgehead atoms. The van der Waals surface area contributed by atoms with Crippen LogP contribution in [0.3, 0.4) is 0 Å². The quantitative estimate of drug-likeness (QED) is 0.171. The van der Waals surface area contributed by atoms with Gasteiger partial charge in [-0.3, -0.25) is 4.57 Å². The smallest absolute Gasteiger partial charge is 0.238 e. The van der Waals surface area contributed by atoms with E-state index in [2.05, 4.69) is 0 Å². The molecule has 11 rings (SSSR count). The van der Waals surface area contributed by atoms with E-state index in [9.17, 15) is 9.60 Å². The van der Waals surface area contributed by atoms with Crippen LogP contribution in [0.2, 0.25) is 0 Å². The average molecular weight is 740 g/mol. The Labute approximate surface area is 357 Å². The number of benzene rings is 8. The molecule has 56 heavy (non-hydrogen) atoms. The minimum Gasteiger partial charge on any atom is -0.308 e. The van der Waals surface area contributed by atoms with Gasteiger partial charge in [-0.05, 0) is 58.5 Å². The van der Waals surface area contributed by atoms with Gasteiger partial charge in [-0.25, -0.2) is 4.98 Å². The van der Waals surface area contributed by atoms with Gasteiger partial charge in [-0.15, -0.1) is 0 Å². The maximum Gasteiger partial charge on any atom is 0.238 e. The first kappa shape index (κ1) is 16.0. The standard InChI is InChI=1S/C51H33N5/c1-3-15-34(16-4-1)36-27-29-37(30-28-36)49-52-50(54-51(53-49)56-46-25-13-9-21-41(46)42-22-10-14-26-47(42)56)43-32-31-38(35-17-5-2-6-18-35)33-48(43)55-44-23-11-7-19-39(44)40-20-8-12-24-45(40)55/h1-33H/i2D,5D,6D,7D,8D,9D,10D,11D,12D,13D,14D,17D,18D,19D,20D,21D,22D,23D,24D,25D,26D,31D,32D,33D. The fourth-order valence-electron chi connectivity index (χ4n) is 6.64. The van der Waals surface area contributed by atoms with Gasteiger partial charge in [0.2, 0.25) is 5.95 Å². The van der Waals surface area contributed by atoms with Crippen molar-refractivity contribution in [3.8, 4) is 56.7 Å². The Balaban J connectivity index is 1.40. The van der Waals surface area contributed by atoms with Crippen molar-refractivity contribution in [3.63, 3.8) is 0 Å². The van der Waals surface area contributed by atoms with Gasteiger partial charge in [0.05, 0.1) is 60.7 Å². The molecule has 0 saturated carbocycles. The highest BCUT2D eigenvalue weighted by molar-refractivity contribution is 6.10. The van der Waals surface area contributed by atoms with Crippen molar-refractivity contribution in [2.75, 3.05) is 0 Å². The molecule has 0 saturated heterocycles. The fraction of sp³-hybridized carbons (Fsp3) is 0. The molecule has 0 aliphatic carbocycles. The van der Waals surface area contributed by atoms with Crippen LogP contribution in [0.5, 0.6) is 0 Å². The van der Waals surface area contributed by atoms with E-state index in [-0.39, 0.29) is 22.2 Å². The lowest BCUT2D eigenvalue weighted by atomic mass is 10.0. The summed E-state index contributed by atoms with van der Waals surface area (Å²) >= 11 is 0. The zero-order valence-electron chi connectivity index (χ0n) is 52.4. The minimum absolute atomic E-state index is 0.167. The highest BCUT2D eigenvalue weighted by Crippen LogP contribution is 2.39. The van der Waals surface area contributed by atoms with Crippen LogP contribution in [0.1, 0.15) is 32.9 Å². The van der Waals surface area contributed by atoms with Crippen LogP contribution in [0, 0.1) is 0 Å². The molecule has 262 valence electrons. The summed E-state index contributed by atoms with van der Waals surface area (Å²) in [5.74, 6) is -1.72. The summed E-state index contributed by atoms with van der Waals surface area (Å²) in [6.07, 6.45) is 0. The van der Waals surface area contributed by atoms with Gasteiger partial charge in [0.25, 0.3) is 0 Å². The van der Waals surface area contributed by atoms with Crippen LogP contribution in [-0.4, -0.2) is 24.1 Å². The molecule has 11 aromatic rings. The molecule has 0 atom stereocenters. The van der Waals surface area contributed by atoms with Gasteiger partial charge in [0, 0.05) is 32.7 Å². The molecule has 0 unspecified atom stereocenters.